The number of carbonyl (C=O) groups is 1. The van der Waals surface area contributed by atoms with Crippen LogP contribution < -0.4 is 11.1 Å². The molecule has 8 heteroatoms. The molecule has 0 saturated carbocycles. The van der Waals surface area contributed by atoms with Crippen LogP contribution in [0.2, 0.25) is 0 Å². The minimum atomic E-state index is -0.647. The molecule has 1 amide bonds. The van der Waals surface area contributed by atoms with Gasteiger partial charge in [0.15, 0.2) is 0 Å². The first-order valence-electron chi connectivity index (χ1n) is 5.86. The summed E-state index contributed by atoms with van der Waals surface area (Å²) in [5.41, 5.74) is 5.05. The van der Waals surface area contributed by atoms with Gasteiger partial charge in [-0.25, -0.2) is 4.98 Å². The second kappa shape index (κ2) is 5.61. The van der Waals surface area contributed by atoms with Crippen LogP contribution in [0.3, 0.4) is 0 Å². The molecule has 1 fully saturated rings. The summed E-state index contributed by atoms with van der Waals surface area (Å²) in [5, 5.41) is 13.6. The number of hydrogen-bond acceptors (Lipinski definition) is 6. The van der Waals surface area contributed by atoms with Crippen LogP contribution in [0.25, 0.3) is 0 Å². The Bertz CT molecular complexity index is 499. The van der Waals surface area contributed by atoms with Crippen molar-refractivity contribution >= 4 is 17.4 Å². The number of aromatic nitrogens is 1. The summed E-state index contributed by atoms with van der Waals surface area (Å²) in [6.07, 6.45) is 2.38. The number of nitro groups is 1. The number of nitrogen functional groups attached to an aromatic ring is 1. The molecule has 1 aromatic rings. The molecule has 19 heavy (non-hydrogen) atoms. The highest BCUT2D eigenvalue weighted by Gasteiger charge is 2.24. The molecule has 0 radical (unpaired) electrons. The number of pyridine rings is 1. The number of carbonyl (C=O) groups excluding carboxylic acids is 1. The fraction of sp³-hybridized carbons (Fsp3) is 0.455. The lowest BCUT2D eigenvalue weighted by molar-refractivity contribution is -0.385. The van der Waals surface area contributed by atoms with Crippen molar-refractivity contribution < 1.29 is 14.5 Å². The smallest absolute Gasteiger partial charge is 0.300 e. The van der Waals surface area contributed by atoms with Gasteiger partial charge in [0.05, 0.1) is 4.92 Å². The van der Waals surface area contributed by atoms with E-state index in [1.54, 1.807) is 0 Å². The predicted molar refractivity (Wildman–Crippen MR) is 66.6 cm³/mol. The average Bonchev–Trinajstić information content (AvgIpc) is 2.39. The molecule has 0 bridgehead atoms. The van der Waals surface area contributed by atoms with E-state index >= 15 is 0 Å². The van der Waals surface area contributed by atoms with Gasteiger partial charge in [-0.2, -0.15) is 0 Å². The first-order valence-corrected chi connectivity index (χ1v) is 5.86. The molecule has 1 aliphatic rings. The van der Waals surface area contributed by atoms with E-state index in [1.165, 1.54) is 6.07 Å². The Morgan fingerprint density at radius 2 is 2.21 bits per heavy atom. The van der Waals surface area contributed by atoms with Gasteiger partial charge in [0.1, 0.15) is 17.6 Å². The molecular formula is C11H14N4O4. The minimum Gasteiger partial charge on any atom is -0.384 e. The van der Waals surface area contributed by atoms with Crippen molar-refractivity contribution in [1.82, 2.24) is 10.3 Å². The zero-order chi connectivity index (χ0) is 13.8. The normalized spacial score (nSPS) is 16.0. The van der Waals surface area contributed by atoms with Crippen molar-refractivity contribution in [2.24, 2.45) is 0 Å². The van der Waals surface area contributed by atoms with E-state index in [9.17, 15) is 14.9 Å². The number of ether oxygens (including phenoxy) is 1. The van der Waals surface area contributed by atoms with Crippen LogP contribution in [0.4, 0.5) is 11.5 Å². The molecular weight excluding hydrogens is 252 g/mol. The van der Waals surface area contributed by atoms with E-state index in [-0.39, 0.29) is 23.1 Å². The average molecular weight is 266 g/mol. The van der Waals surface area contributed by atoms with Crippen LogP contribution >= 0.6 is 0 Å². The summed E-state index contributed by atoms with van der Waals surface area (Å²) in [6.45, 7) is 1.15. The van der Waals surface area contributed by atoms with E-state index in [0.29, 0.717) is 26.1 Å². The first-order chi connectivity index (χ1) is 9.08. The lowest BCUT2D eigenvalue weighted by Crippen LogP contribution is -2.39. The number of nitrogens with zero attached hydrogens (tertiary/aromatic N) is 2. The van der Waals surface area contributed by atoms with Crippen LogP contribution in [0, 0.1) is 10.1 Å². The molecule has 102 valence electrons. The van der Waals surface area contributed by atoms with Gasteiger partial charge >= 0.3 is 0 Å². The van der Waals surface area contributed by atoms with Crippen LogP contribution in [0.15, 0.2) is 12.3 Å². The number of amides is 1. The van der Waals surface area contributed by atoms with E-state index in [0.717, 1.165) is 6.20 Å². The highest BCUT2D eigenvalue weighted by Crippen LogP contribution is 2.19. The van der Waals surface area contributed by atoms with E-state index in [4.69, 9.17) is 10.5 Å². The zero-order valence-electron chi connectivity index (χ0n) is 10.2. The van der Waals surface area contributed by atoms with Crippen molar-refractivity contribution in [2.45, 2.75) is 18.9 Å². The molecule has 1 aromatic heterocycles. The molecule has 0 aromatic carbocycles. The monoisotopic (exact) mass is 266 g/mol. The highest BCUT2D eigenvalue weighted by atomic mass is 16.6. The Morgan fingerprint density at radius 1 is 1.53 bits per heavy atom. The van der Waals surface area contributed by atoms with Gasteiger partial charge in [-0.3, -0.25) is 14.9 Å². The predicted octanol–water partition coefficient (Wildman–Crippen LogP) is 0.481. The number of hydrogen-bond donors (Lipinski definition) is 2. The molecule has 2 heterocycles. The Morgan fingerprint density at radius 3 is 2.84 bits per heavy atom. The number of rotatable bonds is 3. The van der Waals surface area contributed by atoms with Crippen molar-refractivity contribution in [3.8, 4) is 0 Å². The second-order valence-electron chi connectivity index (χ2n) is 4.24. The van der Waals surface area contributed by atoms with Crippen LogP contribution in [0.1, 0.15) is 23.2 Å². The van der Waals surface area contributed by atoms with Gasteiger partial charge in [0.25, 0.3) is 11.6 Å². The molecule has 8 nitrogen and oxygen atoms in total. The van der Waals surface area contributed by atoms with Crippen molar-refractivity contribution in [3.63, 3.8) is 0 Å². The molecule has 3 N–H and O–H groups in total. The summed E-state index contributed by atoms with van der Waals surface area (Å²) in [5.74, 6) is -0.435. The summed E-state index contributed by atoms with van der Waals surface area (Å²) in [7, 11) is 0. The van der Waals surface area contributed by atoms with E-state index < -0.39 is 10.8 Å². The maximum Gasteiger partial charge on any atom is 0.300 e. The van der Waals surface area contributed by atoms with Crippen LogP contribution in [-0.2, 0) is 4.74 Å². The first kappa shape index (κ1) is 13.2. The van der Waals surface area contributed by atoms with Gasteiger partial charge in [0.2, 0.25) is 0 Å². The number of nitrogens with two attached hydrogens (primary N) is 1. The quantitative estimate of drug-likeness (QED) is 0.606. The molecule has 0 aliphatic carbocycles. The molecule has 0 spiro atoms. The molecule has 1 saturated heterocycles. The molecule has 1 aliphatic heterocycles. The molecule has 2 rings (SSSR count). The van der Waals surface area contributed by atoms with Gasteiger partial charge in [-0.1, -0.05) is 0 Å². The van der Waals surface area contributed by atoms with Crippen molar-refractivity contribution in [1.29, 1.82) is 0 Å². The fourth-order valence-corrected chi connectivity index (χ4v) is 1.90. The van der Waals surface area contributed by atoms with Gasteiger partial charge in [0, 0.05) is 19.3 Å². The Kier molecular flexibility index (Phi) is 3.91. The Balaban J connectivity index is 2.17. The number of anilines is 1. The second-order valence-corrected chi connectivity index (χ2v) is 4.24. The minimum absolute atomic E-state index is 0.0322. The maximum atomic E-state index is 12.1. The molecule has 0 unspecified atom stereocenters. The summed E-state index contributed by atoms with van der Waals surface area (Å²) in [6, 6.07) is 1.18. The summed E-state index contributed by atoms with van der Waals surface area (Å²) < 4.78 is 5.18. The Hall–Kier alpha value is -2.22. The third-order valence-corrected chi connectivity index (χ3v) is 2.90. The zero-order valence-corrected chi connectivity index (χ0v) is 10.2. The van der Waals surface area contributed by atoms with Gasteiger partial charge in [-0.15, -0.1) is 0 Å². The summed E-state index contributed by atoms with van der Waals surface area (Å²) >= 11 is 0. The number of nitrogens with one attached hydrogen (secondary N) is 1. The van der Waals surface area contributed by atoms with Crippen molar-refractivity contribution in [3.05, 3.63) is 27.9 Å². The largest absolute Gasteiger partial charge is 0.384 e. The van der Waals surface area contributed by atoms with Crippen LogP contribution in [-0.4, -0.2) is 35.1 Å². The SMILES string of the molecule is Nc1cc(C(=O)NC2CCOCC2)c([N+](=O)[O-])cn1. The topological polar surface area (TPSA) is 120 Å². The van der Waals surface area contributed by atoms with Gasteiger partial charge < -0.3 is 15.8 Å². The van der Waals surface area contributed by atoms with Gasteiger partial charge in [-0.05, 0) is 18.9 Å². The maximum absolute atomic E-state index is 12.1. The standard InChI is InChI=1S/C11H14N4O4/c12-10-5-8(9(6-13-10)15(17)18)11(16)14-7-1-3-19-4-2-7/h5-7H,1-4H2,(H2,12,13)(H,14,16). The lowest BCUT2D eigenvalue weighted by atomic mass is 10.1. The third-order valence-electron chi connectivity index (χ3n) is 2.90. The van der Waals surface area contributed by atoms with E-state index in [1.807, 2.05) is 0 Å². The summed E-state index contributed by atoms with van der Waals surface area (Å²) in [4.78, 5) is 25.9. The van der Waals surface area contributed by atoms with Crippen LogP contribution in [0.5, 0.6) is 0 Å². The fourth-order valence-electron chi connectivity index (χ4n) is 1.90. The lowest BCUT2D eigenvalue weighted by Gasteiger charge is -2.23. The third kappa shape index (κ3) is 3.16. The van der Waals surface area contributed by atoms with E-state index in [2.05, 4.69) is 10.3 Å². The highest BCUT2D eigenvalue weighted by molar-refractivity contribution is 5.98. The molecule has 0 atom stereocenters. The van der Waals surface area contributed by atoms with Crippen molar-refractivity contribution in [2.75, 3.05) is 18.9 Å². The Labute approximate surface area is 109 Å².